The van der Waals surface area contributed by atoms with Crippen molar-refractivity contribution in [1.29, 1.82) is 0 Å². The van der Waals surface area contributed by atoms with Crippen molar-refractivity contribution in [3.8, 4) is 28.3 Å². The highest BCUT2D eigenvalue weighted by atomic mass is 35.5. The summed E-state index contributed by atoms with van der Waals surface area (Å²) in [5.41, 5.74) is 3.89. The molecule has 29 heavy (non-hydrogen) atoms. The van der Waals surface area contributed by atoms with Gasteiger partial charge in [-0.05, 0) is 18.6 Å². The van der Waals surface area contributed by atoms with Crippen LogP contribution in [0.3, 0.4) is 0 Å². The SMILES string of the molecule is COC(=O)Nc1cc(-n2cc(-c3ncc[nH]3)c(-c3ccccc3Cl)n2)c(C)cn1. The Morgan fingerprint density at radius 3 is 2.79 bits per heavy atom. The number of ether oxygens (including phenoxy) is 1. The van der Waals surface area contributed by atoms with Crippen LogP contribution in [0.4, 0.5) is 10.6 Å². The van der Waals surface area contributed by atoms with Crippen LogP contribution in [0.5, 0.6) is 0 Å². The molecule has 0 spiro atoms. The van der Waals surface area contributed by atoms with Gasteiger partial charge in [-0.3, -0.25) is 5.32 Å². The molecule has 0 atom stereocenters. The summed E-state index contributed by atoms with van der Waals surface area (Å²) in [7, 11) is 1.30. The molecule has 3 heterocycles. The number of aryl methyl sites for hydroxylation is 1. The van der Waals surface area contributed by atoms with E-state index in [1.807, 2.05) is 37.4 Å². The second-order valence-electron chi connectivity index (χ2n) is 6.23. The quantitative estimate of drug-likeness (QED) is 0.519. The largest absolute Gasteiger partial charge is 0.453 e. The number of methoxy groups -OCH3 is 1. The van der Waals surface area contributed by atoms with E-state index in [1.165, 1.54) is 7.11 Å². The predicted molar refractivity (Wildman–Crippen MR) is 110 cm³/mol. The number of pyridine rings is 1. The van der Waals surface area contributed by atoms with E-state index in [0.717, 1.165) is 22.4 Å². The highest BCUT2D eigenvalue weighted by Gasteiger charge is 2.19. The maximum atomic E-state index is 11.5. The number of hydrogen-bond acceptors (Lipinski definition) is 5. The topological polar surface area (TPSA) is 97.7 Å². The zero-order valence-corrected chi connectivity index (χ0v) is 16.4. The van der Waals surface area contributed by atoms with E-state index in [9.17, 15) is 4.79 Å². The average molecular weight is 409 g/mol. The summed E-state index contributed by atoms with van der Waals surface area (Å²) in [5, 5.41) is 7.92. The molecule has 9 heteroatoms. The minimum absolute atomic E-state index is 0.354. The fourth-order valence-electron chi connectivity index (χ4n) is 2.92. The normalized spacial score (nSPS) is 10.7. The van der Waals surface area contributed by atoms with Gasteiger partial charge in [-0.25, -0.2) is 19.4 Å². The number of halogens is 1. The van der Waals surface area contributed by atoms with Crippen molar-refractivity contribution in [1.82, 2.24) is 24.7 Å². The smallest absolute Gasteiger partial charge is 0.412 e. The standard InChI is InChI=1S/C20H17ClN6O2/c1-12-10-24-17(25-20(28)29-2)9-16(12)27-11-14(19-22-7-8-23-19)18(26-27)13-5-3-4-6-15(13)21/h3-11H,1-2H3,(H,22,23)(H,24,25,28). The molecule has 0 aliphatic rings. The molecule has 0 radical (unpaired) electrons. The Hall–Kier alpha value is -3.65. The summed E-state index contributed by atoms with van der Waals surface area (Å²) in [4.78, 5) is 23.2. The number of benzene rings is 1. The van der Waals surface area contributed by atoms with Crippen LogP contribution >= 0.6 is 11.6 Å². The van der Waals surface area contributed by atoms with Gasteiger partial charge >= 0.3 is 6.09 Å². The fourth-order valence-corrected chi connectivity index (χ4v) is 3.14. The Labute approximate surface area is 171 Å². The number of hydrogen-bond donors (Lipinski definition) is 2. The third-order valence-corrected chi connectivity index (χ3v) is 4.66. The van der Waals surface area contributed by atoms with Crippen molar-refractivity contribution >= 4 is 23.5 Å². The van der Waals surface area contributed by atoms with Crippen LogP contribution in [0.2, 0.25) is 5.02 Å². The first kappa shape index (κ1) is 18.7. The van der Waals surface area contributed by atoms with Gasteiger partial charge in [0.25, 0.3) is 0 Å². The van der Waals surface area contributed by atoms with E-state index in [0.29, 0.717) is 22.4 Å². The summed E-state index contributed by atoms with van der Waals surface area (Å²) < 4.78 is 6.35. The molecular formula is C20H17ClN6O2. The van der Waals surface area contributed by atoms with E-state index in [2.05, 4.69) is 25.0 Å². The lowest BCUT2D eigenvalue weighted by molar-refractivity contribution is 0.187. The molecule has 0 aliphatic heterocycles. The van der Waals surface area contributed by atoms with Crippen molar-refractivity contribution in [3.05, 3.63) is 65.7 Å². The number of anilines is 1. The number of H-pyrrole nitrogens is 1. The zero-order valence-electron chi connectivity index (χ0n) is 15.7. The molecule has 0 bridgehead atoms. The molecule has 1 aromatic carbocycles. The lowest BCUT2D eigenvalue weighted by atomic mass is 10.1. The molecule has 0 aliphatic carbocycles. The van der Waals surface area contributed by atoms with Crippen molar-refractivity contribution in [2.45, 2.75) is 6.92 Å². The first-order chi connectivity index (χ1) is 14.1. The summed E-state index contributed by atoms with van der Waals surface area (Å²) in [6, 6.07) is 9.22. The highest BCUT2D eigenvalue weighted by molar-refractivity contribution is 6.33. The van der Waals surface area contributed by atoms with Crippen molar-refractivity contribution in [2.75, 3.05) is 12.4 Å². The molecule has 0 saturated heterocycles. The zero-order chi connectivity index (χ0) is 20.4. The first-order valence-corrected chi connectivity index (χ1v) is 9.11. The van der Waals surface area contributed by atoms with Gasteiger partial charge in [0.05, 0.1) is 23.4 Å². The van der Waals surface area contributed by atoms with Gasteiger partial charge in [0.1, 0.15) is 17.3 Å². The molecule has 4 rings (SSSR count). The number of nitrogens with one attached hydrogen (secondary N) is 2. The number of amides is 1. The Balaban J connectivity index is 1.86. The molecule has 0 fully saturated rings. The summed E-state index contributed by atoms with van der Waals surface area (Å²) in [6.45, 7) is 1.91. The Morgan fingerprint density at radius 1 is 1.24 bits per heavy atom. The molecule has 0 saturated carbocycles. The van der Waals surface area contributed by atoms with Gasteiger partial charge in [0.2, 0.25) is 0 Å². The number of carbonyl (C=O) groups is 1. The van der Waals surface area contributed by atoms with Gasteiger partial charge in [-0.2, -0.15) is 5.10 Å². The lowest BCUT2D eigenvalue weighted by Gasteiger charge is -2.09. The van der Waals surface area contributed by atoms with Crippen LogP contribution in [0.25, 0.3) is 28.3 Å². The average Bonchev–Trinajstić information content (AvgIpc) is 3.39. The van der Waals surface area contributed by atoms with Gasteiger partial charge in [-0.1, -0.05) is 29.8 Å². The third kappa shape index (κ3) is 3.70. The summed E-state index contributed by atoms with van der Waals surface area (Å²) in [5.74, 6) is 1.03. The van der Waals surface area contributed by atoms with E-state index < -0.39 is 6.09 Å². The van der Waals surface area contributed by atoms with Crippen molar-refractivity contribution in [2.24, 2.45) is 0 Å². The number of rotatable bonds is 4. The molecule has 8 nitrogen and oxygen atoms in total. The van der Waals surface area contributed by atoms with Gasteiger partial charge in [0.15, 0.2) is 0 Å². The Bertz CT molecular complexity index is 1170. The van der Waals surface area contributed by atoms with Crippen LogP contribution in [0, 0.1) is 6.92 Å². The number of carbonyl (C=O) groups excluding carboxylic acids is 1. The number of nitrogens with zero attached hydrogens (tertiary/aromatic N) is 4. The van der Waals surface area contributed by atoms with Crippen LogP contribution < -0.4 is 5.32 Å². The monoisotopic (exact) mass is 408 g/mol. The van der Waals surface area contributed by atoms with Crippen LogP contribution in [-0.4, -0.2) is 37.9 Å². The summed E-state index contributed by atoms with van der Waals surface area (Å²) >= 11 is 6.43. The van der Waals surface area contributed by atoms with Crippen molar-refractivity contribution < 1.29 is 9.53 Å². The maximum Gasteiger partial charge on any atom is 0.412 e. The van der Waals surface area contributed by atoms with E-state index in [1.54, 1.807) is 29.3 Å². The second-order valence-corrected chi connectivity index (χ2v) is 6.63. The number of imidazole rings is 1. The van der Waals surface area contributed by atoms with Crippen LogP contribution in [-0.2, 0) is 4.74 Å². The summed E-state index contributed by atoms with van der Waals surface area (Å²) in [6.07, 6.45) is 6.35. The molecule has 146 valence electrons. The molecule has 1 amide bonds. The lowest BCUT2D eigenvalue weighted by Crippen LogP contribution is -2.13. The Morgan fingerprint density at radius 2 is 2.07 bits per heavy atom. The predicted octanol–water partition coefficient (Wildman–Crippen LogP) is 4.46. The molecular weight excluding hydrogens is 392 g/mol. The minimum Gasteiger partial charge on any atom is -0.453 e. The van der Waals surface area contributed by atoms with E-state index in [4.69, 9.17) is 16.7 Å². The first-order valence-electron chi connectivity index (χ1n) is 8.73. The molecule has 2 N–H and O–H groups in total. The van der Waals surface area contributed by atoms with Gasteiger partial charge < -0.3 is 9.72 Å². The Kier molecular flexibility index (Phi) is 5.01. The second kappa shape index (κ2) is 7.76. The van der Waals surface area contributed by atoms with Gasteiger partial charge in [-0.15, -0.1) is 0 Å². The highest BCUT2D eigenvalue weighted by Crippen LogP contribution is 2.34. The number of aromatic amines is 1. The van der Waals surface area contributed by atoms with Crippen LogP contribution in [0.15, 0.2) is 55.1 Å². The van der Waals surface area contributed by atoms with E-state index in [-0.39, 0.29) is 0 Å². The van der Waals surface area contributed by atoms with Crippen LogP contribution in [0.1, 0.15) is 5.56 Å². The molecule has 4 aromatic rings. The fraction of sp³-hybridized carbons (Fsp3) is 0.100. The maximum absolute atomic E-state index is 11.5. The molecule has 0 unspecified atom stereocenters. The third-order valence-electron chi connectivity index (χ3n) is 4.33. The van der Waals surface area contributed by atoms with Gasteiger partial charge in [0, 0.05) is 36.4 Å². The minimum atomic E-state index is -0.596. The van der Waals surface area contributed by atoms with Crippen molar-refractivity contribution in [3.63, 3.8) is 0 Å². The number of aromatic nitrogens is 5. The van der Waals surface area contributed by atoms with E-state index >= 15 is 0 Å². The molecule has 3 aromatic heterocycles.